The van der Waals surface area contributed by atoms with Crippen LogP contribution in [0.2, 0.25) is 0 Å². The average molecular weight is 200 g/mol. The lowest BCUT2D eigenvalue weighted by Gasteiger charge is -2.37. The maximum absolute atomic E-state index is 10.7. The molecule has 82 valence electrons. The second-order valence-corrected chi connectivity index (χ2v) is 3.86. The van der Waals surface area contributed by atoms with Crippen LogP contribution in [-0.2, 0) is 4.79 Å². The van der Waals surface area contributed by atoms with Crippen LogP contribution in [0, 0.1) is 0 Å². The number of primary amides is 1. The van der Waals surface area contributed by atoms with Gasteiger partial charge in [-0.1, -0.05) is 0 Å². The normalized spacial score (nSPS) is 22.1. The number of hydrogen-bond donors (Lipinski definition) is 2. The molecule has 1 rings (SSSR count). The number of hydrogen-bond acceptors (Lipinski definition) is 4. The van der Waals surface area contributed by atoms with Gasteiger partial charge in [0.1, 0.15) is 0 Å². The van der Waals surface area contributed by atoms with Gasteiger partial charge in [-0.2, -0.15) is 0 Å². The smallest absolute Gasteiger partial charge is 0.231 e. The quantitative estimate of drug-likeness (QED) is 0.575. The van der Waals surface area contributed by atoms with Crippen LogP contribution >= 0.6 is 0 Å². The van der Waals surface area contributed by atoms with Gasteiger partial charge in [-0.05, 0) is 6.92 Å². The van der Waals surface area contributed by atoms with E-state index in [1.165, 1.54) is 0 Å². The number of piperazine rings is 1. The van der Waals surface area contributed by atoms with Gasteiger partial charge in [-0.3, -0.25) is 14.6 Å². The van der Waals surface area contributed by atoms with Gasteiger partial charge in [-0.15, -0.1) is 0 Å². The summed E-state index contributed by atoms with van der Waals surface area (Å²) in [6.45, 7) is 6.97. The molecule has 1 aliphatic rings. The molecule has 1 atom stereocenters. The van der Waals surface area contributed by atoms with Crippen LogP contribution in [0.3, 0.4) is 0 Å². The first kappa shape index (κ1) is 11.4. The molecular formula is C9H20N4O. The lowest BCUT2D eigenvalue weighted by atomic mass is 10.2. The minimum atomic E-state index is -0.245. The van der Waals surface area contributed by atoms with E-state index in [1.54, 1.807) is 0 Å². The zero-order chi connectivity index (χ0) is 10.6. The summed E-state index contributed by atoms with van der Waals surface area (Å²) in [6.07, 6.45) is 0. The summed E-state index contributed by atoms with van der Waals surface area (Å²) in [5, 5.41) is 0. The number of carbonyl (C=O) groups is 1. The van der Waals surface area contributed by atoms with Crippen molar-refractivity contribution in [2.75, 3.05) is 39.3 Å². The predicted molar refractivity (Wildman–Crippen MR) is 55.7 cm³/mol. The highest BCUT2D eigenvalue weighted by molar-refractivity contribution is 5.75. The molecular weight excluding hydrogens is 180 g/mol. The average Bonchev–Trinajstić information content (AvgIpc) is 2.17. The fourth-order valence-electron chi connectivity index (χ4n) is 1.73. The fourth-order valence-corrected chi connectivity index (χ4v) is 1.73. The van der Waals surface area contributed by atoms with Crippen molar-refractivity contribution in [1.29, 1.82) is 0 Å². The van der Waals surface area contributed by atoms with Crippen LogP contribution in [0.5, 0.6) is 0 Å². The Bertz CT molecular complexity index is 189. The number of carbonyl (C=O) groups excluding carboxylic acids is 1. The summed E-state index contributed by atoms with van der Waals surface area (Å²) in [5.74, 6) is -0.245. The van der Waals surface area contributed by atoms with Gasteiger partial charge < -0.3 is 11.5 Å². The molecule has 0 aliphatic carbocycles. The van der Waals surface area contributed by atoms with Crippen LogP contribution < -0.4 is 11.5 Å². The lowest BCUT2D eigenvalue weighted by molar-refractivity contribution is -0.119. The van der Waals surface area contributed by atoms with Crippen molar-refractivity contribution in [2.45, 2.75) is 13.0 Å². The molecule has 1 saturated heterocycles. The lowest BCUT2D eigenvalue weighted by Crippen LogP contribution is -2.52. The van der Waals surface area contributed by atoms with Crippen molar-refractivity contribution in [2.24, 2.45) is 11.5 Å². The Kier molecular flexibility index (Phi) is 4.31. The molecule has 1 unspecified atom stereocenters. The third kappa shape index (κ3) is 3.25. The summed E-state index contributed by atoms with van der Waals surface area (Å²) in [4.78, 5) is 15.1. The van der Waals surface area contributed by atoms with E-state index in [0.29, 0.717) is 19.1 Å². The summed E-state index contributed by atoms with van der Waals surface area (Å²) >= 11 is 0. The van der Waals surface area contributed by atoms with Crippen molar-refractivity contribution in [1.82, 2.24) is 9.80 Å². The number of nitrogens with zero attached hydrogens (tertiary/aromatic N) is 2. The Morgan fingerprint density at radius 2 is 1.93 bits per heavy atom. The van der Waals surface area contributed by atoms with E-state index in [2.05, 4.69) is 16.7 Å². The third-order valence-corrected chi connectivity index (χ3v) is 2.75. The molecule has 1 aliphatic heterocycles. The van der Waals surface area contributed by atoms with Gasteiger partial charge in [0.25, 0.3) is 0 Å². The highest BCUT2D eigenvalue weighted by atomic mass is 16.1. The first-order valence-corrected chi connectivity index (χ1v) is 5.08. The molecule has 4 N–H and O–H groups in total. The van der Waals surface area contributed by atoms with Gasteiger partial charge in [0.05, 0.1) is 6.54 Å². The largest absolute Gasteiger partial charge is 0.369 e. The van der Waals surface area contributed by atoms with Crippen LogP contribution in [0.4, 0.5) is 0 Å². The maximum Gasteiger partial charge on any atom is 0.231 e. The Labute approximate surface area is 85.0 Å². The Morgan fingerprint density at radius 3 is 2.36 bits per heavy atom. The van der Waals surface area contributed by atoms with Gasteiger partial charge >= 0.3 is 0 Å². The van der Waals surface area contributed by atoms with E-state index in [-0.39, 0.29) is 5.91 Å². The van der Waals surface area contributed by atoms with E-state index in [4.69, 9.17) is 11.5 Å². The highest BCUT2D eigenvalue weighted by Crippen LogP contribution is 2.04. The van der Waals surface area contributed by atoms with Crippen LogP contribution in [0.15, 0.2) is 0 Å². The Hall–Kier alpha value is -0.650. The summed E-state index contributed by atoms with van der Waals surface area (Å²) in [7, 11) is 0. The molecule has 1 heterocycles. The van der Waals surface area contributed by atoms with Crippen molar-refractivity contribution in [3.8, 4) is 0 Å². The van der Waals surface area contributed by atoms with E-state index < -0.39 is 0 Å². The zero-order valence-corrected chi connectivity index (χ0v) is 8.78. The summed E-state index contributed by atoms with van der Waals surface area (Å²) in [5.41, 5.74) is 10.7. The molecule has 0 saturated carbocycles. The predicted octanol–water partition coefficient (Wildman–Crippen LogP) is -1.56. The van der Waals surface area contributed by atoms with Crippen LogP contribution in [-0.4, -0.2) is 61.0 Å². The van der Waals surface area contributed by atoms with Crippen LogP contribution in [0.1, 0.15) is 6.92 Å². The van der Waals surface area contributed by atoms with Crippen molar-refractivity contribution >= 4 is 5.91 Å². The molecule has 0 aromatic heterocycles. The number of rotatable bonds is 4. The van der Waals surface area contributed by atoms with Gasteiger partial charge in [0, 0.05) is 38.8 Å². The molecule has 0 bridgehead atoms. The molecule has 1 fully saturated rings. The van der Waals surface area contributed by atoms with Gasteiger partial charge in [0.2, 0.25) is 5.91 Å². The van der Waals surface area contributed by atoms with Crippen molar-refractivity contribution in [3.05, 3.63) is 0 Å². The SMILES string of the molecule is CC(CN)N1CCN(CC(N)=O)CC1. The van der Waals surface area contributed by atoms with E-state index in [1.807, 2.05) is 0 Å². The first-order valence-electron chi connectivity index (χ1n) is 5.08. The molecule has 0 aromatic rings. The van der Waals surface area contributed by atoms with Crippen LogP contribution in [0.25, 0.3) is 0 Å². The summed E-state index contributed by atoms with van der Waals surface area (Å²) < 4.78 is 0. The Balaban J connectivity index is 2.27. The van der Waals surface area contributed by atoms with Crippen molar-refractivity contribution < 1.29 is 4.79 Å². The van der Waals surface area contributed by atoms with Crippen molar-refractivity contribution in [3.63, 3.8) is 0 Å². The molecule has 5 heteroatoms. The summed E-state index contributed by atoms with van der Waals surface area (Å²) in [6, 6.07) is 0.436. The second kappa shape index (κ2) is 5.29. The molecule has 5 nitrogen and oxygen atoms in total. The molecule has 0 aromatic carbocycles. The van der Waals surface area contributed by atoms with E-state index in [0.717, 1.165) is 26.2 Å². The Morgan fingerprint density at radius 1 is 1.36 bits per heavy atom. The number of amides is 1. The maximum atomic E-state index is 10.7. The number of nitrogens with two attached hydrogens (primary N) is 2. The molecule has 14 heavy (non-hydrogen) atoms. The first-order chi connectivity index (χ1) is 6.63. The standard InChI is InChI=1S/C9H20N4O/c1-8(6-10)13-4-2-12(3-5-13)7-9(11)14/h8H,2-7,10H2,1H3,(H2,11,14). The second-order valence-electron chi connectivity index (χ2n) is 3.86. The monoisotopic (exact) mass is 200 g/mol. The third-order valence-electron chi connectivity index (χ3n) is 2.75. The minimum absolute atomic E-state index is 0.245. The molecule has 0 radical (unpaired) electrons. The van der Waals surface area contributed by atoms with E-state index >= 15 is 0 Å². The highest BCUT2D eigenvalue weighted by Gasteiger charge is 2.20. The molecule has 0 spiro atoms. The minimum Gasteiger partial charge on any atom is -0.369 e. The topological polar surface area (TPSA) is 75.6 Å². The van der Waals surface area contributed by atoms with Gasteiger partial charge in [0.15, 0.2) is 0 Å². The fraction of sp³-hybridized carbons (Fsp3) is 0.889. The van der Waals surface area contributed by atoms with Gasteiger partial charge in [-0.25, -0.2) is 0 Å². The molecule has 1 amide bonds. The van der Waals surface area contributed by atoms with E-state index in [9.17, 15) is 4.79 Å². The zero-order valence-electron chi connectivity index (χ0n) is 8.78.